The van der Waals surface area contributed by atoms with E-state index in [0.29, 0.717) is 0 Å². The zero-order valence-corrected chi connectivity index (χ0v) is 12.9. The van der Waals surface area contributed by atoms with Crippen LogP contribution < -0.4 is 5.32 Å². The van der Waals surface area contributed by atoms with Gasteiger partial charge in [0, 0.05) is 49.8 Å². The third-order valence-corrected chi connectivity index (χ3v) is 4.75. The molecule has 3 rings (SSSR count). The first kappa shape index (κ1) is 13.6. The Bertz CT molecular complexity index is 410. The molecule has 2 fully saturated rings. The molecule has 3 nitrogen and oxygen atoms in total. The number of nitrogens with one attached hydrogen (secondary N) is 1. The van der Waals surface area contributed by atoms with Crippen molar-refractivity contribution < 1.29 is 0 Å². The van der Waals surface area contributed by atoms with E-state index in [2.05, 4.69) is 55.3 Å². The zero-order chi connectivity index (χ0) is 13.1. The van der Waals surface area contributed by atoms with Crippen molar-refractivity contribution in [3.05, 3.63) is 34.3 Å². The molecule has 2 heterocycles. The fraction of sp³-hybridized carbons (Fsp3) is 0.600. The summed E-state index contributed by atoms with van der Waals surface area (Å²) in [5.41, 5.74) is 1.41. The molecule has 19 heavy (non-hydrogen) atoms. The highest BCUT2D eigenvalue weighted by Crippen LogP contribution is 2.16. The lowest BCUT2D eigenvalue weighted by molar-refractivity contribution is 0.0981. The maximum atomic E-state index is 3.55. The Kier molecular flexibility index (Phi) is 4.53. The first-order valence-corrected chi connectivity index (χ1v) is 8.02. The van der Waals surface area contributed by atoms with E-state index in [1.54, 1.807) is 0 Å². The number of benzene rings is 1. The molecule has 0 aliphatic carbocycles. The van der Waals surface area contributed by atoms with E-state index in [1.807, 2.05) is 0 Å². The maximum Gasteiger partial charge on any atom is 0.0235 e. The highest BCUT2D eigenvalue weighted by Gasteiger charge is 2.25. The Labute approximate surface area is 124 Å². The number of nitrogens with zero attached hydrogens (tertiary/aromatic N) is 2. The number of hydrogen-bond acceptors (Lipinski definition) is 3. The van der Waals surface area contributed by atoms with E-state index in [-0.39, 0.29) is 0 Å². The topological polar surface area (TPSA) is 18.5 Å². The lowest BCUT2D eigenvalue weighted by atomic mass is 10.1. The summed E-state index contributed by atoms with van der Waals surface area (Å²) in [6, 6.07) is 9.45. The molecule has 0 bridgehead atoms. The smallest absolute Gasteiger partial charge is 0.0235 e. The van der Waals surface area contributed by atoms with Crippen LogP contribution in [0.4, 0.5) is 0 Å². The second kappa shape index (κ2) is 6.35. The molecule has 0 spiro atoms. The van der Waals surface area contributed by atoms with Gasteiger partial charge in [-0.1, -0.05) is 28.1 Å². The van der Waals surface area contributed by atoms with E-state index in [1.165, 1.54) is 55.7 Å². The molecule has 2 aliphatic heterocycles. The van der Waals surface area contributed by atoms with Crippen LogP contribution in [0.25, 0.3) is 0 Å². The lowest BCUT2D eigenvalue weighted by Crippen LogP contribution is -2.50. The van der Waals surface area contributed by atoms with E-state index >= 15 is 0 Å². The molecular formula is C15H22BrN3. The van der Waals surface area contributed by atoms with E-state index in [0.717, 1.165) is 12.6 Å². The van der Waals surface area contributed by atoms with Crippen LogP contribution in [-0.2, 0) is 6.54 Å². The second-order valence-corrected chi connectivity index (χ2v) is 6.50. The molecule has 1 N–H and O–H groups in total. The summed E-state index contributed by atoms with van der Waals surface area (Å²) in [6.07, 6.45) is 1.33. The number of piperazine rings is 1. The van der Waals surface area contributed by atoms with E-state index in [9.17, 15) is 0 Å². The van der Waals surface area contributed by atoms with Crippen LogP contribution in [0.5, 0.6) is 0 Å². The third-order valence-electron chi connectivity index (χ3n) is 4.25. The van der Waals surface area contributed by atoms with Crippen molar-refractivity contribution in [2.45, 2.75) is 19.0 Å². The van der Waals surface area contributed by atoms with Gasteiger partial charge in [-0.2, -0.15) is 0 Å². The van der Waals surface area contributed by atoms with Gasteiger partial charge in [0.15, 0.2) is 0 Å². The molecule has 2 aliphatic rings. The first-order valence-electron chi connectivity index (χ1n) is 7.23. The molecule has 1 aromatic carbocycles. The molecule has 104 valence electrons. The van der Waals surface area contributed by atoms with Crippen molar-refractivity contribution in [2.24, 2.45) is 0 Å². The van der Waals surface area contributed by atoms with Gasteiger partial charge in [-0.3, -0.25) is 9.80 Å². The van der Waals surface area contributed by atoms with E-state index in [4.69, 9.17) is 0 Å². The van der Waals surface area contributed by atoms with Gasteiger partial charge in [-0.15, -0.1) is 0 Å². The average molecular weight is 324 g/mol. The maximum absolute atomic E-state index is 3.55. The van der Waals surface area contributed by atoms with E-state index < -0.39 is 0 Å². The van der Waals surface area contributed by atoms with Gasteiger partial charge >= 0.3 is 0 Å². The Hall–Kier alpha value is -0.420. The Morgan fingerprint density at radius 3 is 2.74 bits per heavy atom. The molecule has 0 aromatic heterocycles. The molecule has 0 amide bonds. The van der Waals surface area contributed by atoms with Crippen LogP contribution in [0, 0.1) is 0 Å². The van der Waals surface area contributed by atoms with Crippen molar-refractivity contribution in [2.75, 3.05) is 39.3 Å². The van der Waals surface area contributed by atoms with Crippen LogP contribution in [0.15, 0.2) is 28.7 Å². The van der Waals surface area contributed by atoms with Gasteiger partial charge in [0.25, 0.3) is 0 Å². The van der Waals surface area contributed by atoms with Gasteiger partial charge in [-0.25, -0.2) is 0 Å². The van der Waals surface area contributed by atoms with Gasteiger partial charge in [0.1, 0.15) is 0 Å². The molecule has 4 heteroatoms. The molecule has 1 atom stereocenters. The number of hydrogen-bond donors (Lipinski definition) is 1. The zero-order valence-electron chi connectivity index (χ0n) is 11.3. The Morgan fingerprint density at radius 1 is 1.21 bits per heavy atom. The van der Waals surface area contributed by atoms with Gasteiger partial charge < -0.3 is 5.32 Å². The standard InChI is InChI=1S/C15H22BrN3/c16-14-3-1-2-13(10-14)12-18-6-8-19(9-7-18)15-4-5-17-11-15/h1-3,10,15,17H,4-9,11-12H2. The number of rotatable bonds is 3. The highest BCUT2D eigenvalue weighted by atomic mass is 79.9. The van der Waals surface area contributed by atoms with Crippen molar-refractivity contribution in [3.8, 4) is 0 Å². The fourth-order valence-electron chi connectivity index (χ4n) is 3.13. The SMILES string of the molecule is Brc1cccc(CN2CCN(C3CCNC3)CC2)c1. The van der Waals surface area contributed by atoms with Crippen LogP contribution in [0.3, 0.4) is 0 Å². The first-order chi connectivity index (χ1) is 9.31. The largest absolute Gasteiger partial charge is 0.315 e. The van der Waals surface area contributed by atoms with Gasteiger partial charge in [-0.05, 0) is 30.7 Å². The minimum atomic E-state index is 0.785. The van der Waals surface area contributed by atoms with Gasteiger partial charge in [0.2, 0.25) is 0 Å². The quantitative estimate of drug-likeness (QED) is 0.917. The van der Waals surface area contributed by atoms with Crippen LogP contribution in [-0.4, -0.2) is 55.1 Å². The third kappa shape index (κ3) is 3.57. The molecule has 0 radical (unpaired) electrons. The normalized spacial score (nSPS) is 25.8. The molecule has 1 aromatic rings. The Morgan fingerprint density at radius 2 is 2.05 bits per heavy atom. The summed E-state index contributed by atoms with van der Waals surface area (Å²) in [7, 11) is 0. The second-order valence-electron chi connectivity index (χ2n) is 5.59. The summed E-state index contributed by atoms with van der Waals surface area (Å²) >= 11 is 3.55. The highest BCUT2D eigenvalue weighted by molar-refractivity contribution is 9.10. The van der Waals surface area contributed by atoms with Crippen LogP contribution >= 0.6 is 15.9 Å². The van der Waals surface area contributed by atoms with Crippen molar-refractivity contribution in [1.82, 2.24) is 15.1 Å². The predicted octanol–water partition coefficient (Wildman–Crippen LogP) is 1.93. The molecular weight excluding hydrogens is 302 g/mol. The summed E-state index contributed by atoms with van der Waals surface area (Å²) in [4.78, 5) is 5.23. The summed E-state index contributed by atoms with van der Waals surface area (Å²) in [6.45, 7) is 8.30. The van der Waals surface area contributed by atoms with Gasteiger partial charge in [0.05, 0.1) is 0 Å². The summed E-state index contributed by atoms with van der Waals surface area (Å²) in [5.74, 6) is 0. The van der Waals surface area contributed by atoms with Crippen molar-refractivity contribution in [3.63, 3.8) is 0 Å². The summed E-state index contributed by atoms with van der Waals surface area (Å²) < 4.78 is 1.18. The minimum Gasteiger partial charge on any atom is -0.315 e. The fourth-order valence-corrected chi connectivity index (χ4v) is 3.58. The monoisotopic (exact) mass is 323 g/mol. The minimum absolute atomic E-state index is 0.785. The predicted molar refractivity (Wildman–Crippen MR) is 82.3 cm³/mol. The Balaban J connectivity index is 1.50. The van der Waals surface area contributed by atoms with Crippen molar-refractivity contribution >= 4 is 15.9 Å². The molecule has 1 unspecified atom stereocenters. The molecule has 0 saturated carbocycles. The van der Waals surface area contributed by atoms with Crippen molar-refractivity contribution in [1.29, 1.82) is 0 Å². The summed E-state index contributed by atoms with van der Waals surface area (Å²) in [5, 5.41) is 3.47. The van der Waals surface area contributed by atoms with Crippen LogP contribution in [0.1, 0.15) is 12.0 Å². The lowest BCUT2D eigenvalue weighted by Gasteiger charge is -2.37. The average Bonchev–Trinajstić information content (AvgIpc) is 2.94. The number of halogens is 1. The molecule has 2 saturated heterocycles. The van der Waals surface area contributed by atoms with Crippen LogP contribution in [0.2, 0.25) is 0 Å².